The molecule has 0 spiro atoms. The number of urea groups is 1. The molecule has 3 heterocycles. The SMILES string of the molecule is CCN1CCN(CC(=O)NC2CCN(C(=O)N3CCCC3)CC2)CC1. The number of nitrogens with zero attached hydrogens (tertiary/aromatic N) is 4. The third kappa shape index (κ3) is 5.07. The summed E-state index contributed by atoms with van der Waals surface area (Å²) in [4.78, 5) is 33.3. The molecule has 0 unspecified atom stereocenters. The number of hydrogen-bond donors (Lipinski definition) is 1. The van der Waals surface area contributed by atoms with Gasteiger partial charge in [0.05, 0.1) is 6.54 Å². The number of piperidine rings is 1. The molecule has 0 aliphatic carbocycles. The Morgan fingerprint density at radius 2 is 1.40 bits per heavy atom. The number of likely N-dealkylation sites (N-methyl/N-ethyl adjacent to an activating group) is 1. The van der Waals surface area contributed by atoms with Crippen molar-refractivity contribution in [3.63, 3.8) is 0 Å². The summed E-state index contributed by atoms with van der Waals surface area (Å²) in [7, 11) is 0. The first-order valence-corrected chi connectivity index (χ1v) is 9.93. The molecule has 25 heavy (non-hydrogen) atoms. The van der Waals surface area contributed by atoms with Crippen LogP contribution in [0.4, 0.5) is 4.79 Å². The Kier molecular flexibility index (Phi) is 6.53. The molecule has 3 aliphatic rings. The van der Waals surface area contributed by atoms with Crippen molar-refractivity contribution >= 4 is 11.9 Å². The molecule has 142 valence electrons. The third-order valence-corrected chi connectivity index (χ3v) is 5.79. The fourth-order valence-electron chi connectivity index (χ4n) is 4.06. The first kappa shape index (κ1) is 18.5. The Hall–Kier alpha value is -1.34. The first-order chi connectivity index (χ1) is 12.2. The molecule has 7 nitrogen and oxygen atoms in total. The quantitative estimate of drug-likeness (QED) is 0.798. The number of hydrogen-bond acceptors (Lipinski definition) is 4. The number of amides is 3. The average molecular weight is 351 g/mol. The van der Waals surface area contributed by atoms with Crippen molar-refractivity contribution in [3.8, 4) is 0 Å². The summed E-state index contributed by atoms with van der Waals surface area (Å²) in [6.45, 7) is 11.2. The van der Waals surface area contributed by atoms with Crippen LogP contribution in [0, 0.1) is 0 Å². The Labute approximate surface area is 151 Å². The van der Waals surface area contributed by atoms with Crippen LogP contribution in [-0.2, 0) is 4.79 Å². The lowest BCUT2D eigenvalue weighted by atomic mass is 10.1. The van der Waals surface area contributed by atoms with Gasteiger partial charge in [0.15, 0.2) is 0 Å². The van der Waals surface area contributed by atoms with Crippen LogP contribution in [-0.4, -0.2) is 103 Å². The van der Waals surface area contributed by atoms with Gasteiger partial charge in [0.25, 0.3) is 0 Å². The topological polar surface area (TPSA) is 59.1 Å². The van der Waals surface area contributed by atoms with E-state index < -0.39 is 0 Å². The molecule has 0 radical (unpaired) electrons. The second kappa shape index (κ2) is 8.85. The van der Waals surface area contributed by atoms with E-state index in [0.29, 0.717) is 6.54 Å². The molecule has 0 aromatic carbocycles. The highest BCUT2D eigenvalue weighted by Crippen LogP contribution is 2.16. The van der Waals surface area contributed by atoms with E-state index in [9.17, 15) is 9.59 Å². The predicted molar refractivity (Wildman–Crippen MR) is 97.5 cm³/mol. The lowest BCUT2D eigenvalue weighted by molar-refractivity contribution is -0.123. The third-order valence-electron chi connectivity index (χ3n) is 5.79. The number of likely N-dealkylation sites (tertiary alicyclic amines) is 2. The number of piperazine rings is 1. The highest BCUT2D eigenvalue weighted by molar-refractivity contribution is 5.78. The maximum absolute atomic E-state index is 12.4. The van der Waals surface area contributed by atoms with Gasteiger partial charge < -0.3 is 20.0 Å². The maximum atomic E-state index is 12.4. The van der Waals surface area contributed by atoms with Gasteiger partial charge in [-0.15, -0.1) is 0 Å². The predicted octanol–water partition coefficient (Wildman–Crippen LogP) is 0.420. The summed E-state index contributed by atoms with van der Waals surface area (Å²) in [5.41, 5.74) is 0. The first-order valence-electron chi connectivity index (χ1n) is 9.93. The molecule has 3 rings (SSSR count). The molecule has 7 heteroatoms. The zero-order chi connectivity index (χ0) is 17.6. The fraction of sp³-hybridized carbons (Fsp3) is 0.889. The molecule has 0 aromatic rings. The number of rotatable bonds is 4. The van der Waals surface area contributed by atoms with Crippen molar-refractivity contribution in [2.45, 2.75) is 38.6 Å². The van der Waals surface area contributed by atoms with E-state index in [4.69, 9.17) is 0 Å². The average Bonchev–Trinajstić information content (AvgIpc) is 3.17. The lowest BCUT2D eigenvalue weighted by Gasteiger charge is -2.36. The van der Waals surface area contributed by atoms with E-state index in [1.807, 2.05) is 9.80 Å². The molecule has 3 saturated heterocycles. The Bertz CT molecular complexity index is 450. The van der Waals surface area contributed by atoms with Crippen molar-refractivity contribution < 1.29 is 9.59 Å². The molecule has 3 aliphatic heterocycles. The van der Waals surface area contributed by atoms with Crippen molar-refractivity contribution in [1.82, 2.24) is 24.9 Å². The second-order valence-electron chi connectivity index (χ2n) is 7.52. The van der Waals surface area contributed by atoms with Gasteiger partial charge in [-0.2, -0.15) is 0 Å². The van der Waals surface area contributed by atoms with Gasteiger partial charge >= 0.3 is 6.03 Å². The van der Waals surface area contributed by atoms with Gasteiger partial charge in [-0.1, -0.05) is 6.92 Å². The van der Waals surface area contributed by atoms with Gasteiger partial charge in [-0.25, -0.2) is 4.79 Å². The molecule has 0 saturated carbocycles. The minimum Gasteiger partial charge on any atom is -0.352 e. The molecule has 0 atom stereocenters. The van der Waals surface area contributed by atoms with Crippen molar-refractivity contribution in [2.24, 2.45) is 0 Å². The smallest absolute Gasteiger partial charge is 0.319 e. The summed E-state index contributed by atoms with van der Waals surface area (Å²) < 4.78 is 0. The summed E-state index contributed by atoms with van der Waals surface area (Å²) in [5.74, 6) is 0.134. The summed E-state index contributed by atoms with van der Waals surface area (Å²) in [6, 6.07) is 0.406. The minimum absolute atomic E-state index is 0.134. The van der Waals surface area contributed by atoms with E-state index in [0.717, 1.165) is 84.6 Å². The van der Waals surface area contributed by atoms with Crippen molar-refractivity contribution in [3.05, 3.63) is 0 Å². The van der Waals surface area contributed by atoms with Crippen LogP contribution in [0.3, 0.4) is 0 Å². The van der Waals surface area contributed by atoms with E-state index in [-0.39, 0.29) is 18.0 Å². The molecule has 0 aromatic heterocycles. The minimum atomic E-state index is 0.134. The molecular formula is C18H33N5O2. The number of carbonyl (C=O) groups is 2. The van der Waals surface area contributed by atoms with Crippen LogP contribution in [0.2, 0.25) is 0 Å². The van der Waals surface area contributed by atoms with E-state index in [2.05, 4.69) is 22.0 Å². The van der Waals surface area contributed by atoms with Crippen LogP contribution in [0.5, 0.6) is 0 Å². The fourth-order valence-corrected chi connectivity index (χ4v) is 4.06. The Balaban J connectivity index is 1.34. The summed E-state index contributed by atoms with van der Waals surface area (Å²) in [6.07, 6.45) is 4.00. The van der Waals surface area contributed by atoms with Crippen LogP contribution in [0.25, 0.3) is 0 Å². The van der Waals surface area contributed by atoms with Crippen molar-refractivity contribution in [2.75, 3.05) is 65.4 Å². The van der Waals surface area contributed by atoms with E-state index in [1.54, 1.807) is 0 Å². The van der Waals surface area contributed by atoms with Crippen LogP contribution >= 0.6 is 0 Å². The summed E-state index contributed by atoms with van der Waals surface area (Å²) in [5, 5.41) is 3.17. The zero-order valence-electron chi connectivity index (χ0n) is 15.6. The monoisotopic (exact) mass is 351 g/mol. The van der Waals surface area contributed by atoms with E-state index in [1.165, 1.54) is 0 Å². The highest BCUT2D eigenvalue weighted by atomic mass is 16.2. The van der Waals surface area contributed by atoms with Crippen LogP contribution in [0.15, 0.2) is 0 Å². The van der Waals surface area contributed by atoms with Gasteiger partial charge in [0.1, 0.15) is 0 Å². The molecule has 0 bridgehead atoms. The molecular weight excluding hydrogens is 318 g/mol. The van der Waals surface area contributed by atoms with E-state index >= 15 is 0 Å². The normalized spacial score (nSPS) is 23.9. The lowest BCUT2D eigenvalue weighted by Crippen LogP contribution is -2.53. The Morgan fingerprint density at radius 1 is 0.840 bits per heavy atom. The van der Waals surface area contributed by atoms with Crippen LogP contribution in [0.1, 0.15) is 32.6 Å². The van der Waals surface area contributed by atoms with Gasteiger partial charge in [-0.05, 0) is 32.2 Å². The maximum Gasteiger partial charge on any atom is 0.319 e. The number of carbonyl (C=O) groups excluding carboxylic acids is 2. The standard InChI is InChI=1S/C18H33N5O2/c1-2-20-11-13-21(14-12-20)15-17(24)19-16-5-9-23(10-6-16)18(25)22-7-3-4-8-22/h16H,2-15H2,1H3,(H,19,24). The van der Waals surface area contributed by atoms with Gasteiger partial charge in [0.2, 0.25) is 5.91 Å². The van der Waals surface area contributed by atoms with Gasteiger partial charge in [0, 0.05) is 58.4 Å². The Morgan fingerprint density at radius 3 is 2.00 bits per heavy atom. The molecule has 3 amide bonds. The largest absolute Gasteiger partial charge is 0.352 e. The second-order valence-corrected chi connectivity index (χ2v) is 7.52. The molecule has 3 fully saturated rings. The highest BCUT2D eigenvalue weighted by Gasteiger charge is 2.28. The van der Waals surface area contributed by atoms with Crippen molar-refractivity contribution in [1.29, 1.82) is 0 Å². The zero-order valence-corrected chi connectivity index (χ0v) is 15.6. The van der Waals surface area contributed by atoms with Gasteiger partial charge in [-0.3, -0.25) is 9.69 Å². The summed E-state index contributed by atoms with van der Waals surface area (Å²) >= 11 is 0. The number of nitrogens with one attached hydrogen (secondary N) is 1. The molecule has 1 N–H and O–H groups in total. The van der Waals surface area contributed by atoms with Crippen LogP contribution < -0.4 is 5.32 Å².